The summed E-state index contributed by atoms with van der Waals surface area (Å²) in [5.74, 6) is 0. The van der Waals surface area contributed by atoms with Gasteiger partial charge in [0.05, 0.1) is 5.69 Å². The Labute approximate surface area is 391 Å². The number of fused-ring (bicyclic) bond motifs is 7. The van der Waals surface area contributed by atoms with Crippen molar-refractivity contribution in [1.29, 1.82) is 0 Å². The second-order valence-corrected chi connectivity index (χ2v) is 18.7. The van der Waals surface area contributed by atoms with Crippen LogP contribution in [0.25, 0.3) is 44.2 Å². The third-order valence-corrected chi connectivity index (χ3v) is 15.6. The standard InChI is InChI=1S/C64H58N2/c1-7-63(8-2)58-22-13-11-17-53(58)55-39-37-49(41-60(55)63)65(46-31-25-43(5)26-32-46)47-35-29-45(30-36-47)51-19-15-21-57-52(51)20-16-24-62(57)66(48-33-27-44(6)28-34-48)50-38-40-56-54-18-12-14-23-59(54)64(9-3,10-4)61(56)42-50/h11-42H,7-10H2,1-6H3. The Morgan fingerprint density at radius 3 is 1.23 bits per heavy atom. The van der Waals surface area contributed by atoms with Gasteiger partial charge in [-0.25, -0.2) is 0 Å². The lowest BCUT2D eigenvalue weighted by molar-refractivity contribution is 0.490. The van der Waals surface area contributed by atoms with Crippen molar-refractivity contribution in [3.63, 3.8) is 0 Å². The summed E-state index contributed by atoms with van der Waals surface area (Å²) in [7, 11) is 0. The van der Waals surface area contributed by atoms with Crippen molar-refractivity contribution in [2.45, 2.75) is 78.1 Å². The highest BCUT2D eigenvalue weighted by Crippen LogP contribution is 2.56. The molecule has 0 aromatic heterocycles. The summed E-state index contributed by atoms with van der Waals surface area (Å²) in [6.07, 6.45) is 4.24. The molecule has 0 bridgehead atoms. The van der Waals surface area contributed by atoms with Crippen LogP contribution in [0.3, 0.4) is 0 Å². The van der Waals surface area contributed by atoms with Crippen LogP contribution < -0.4 is 9.80 Å². The van der Waals surface area contributed by atoms with E-state index >= 15 is 0 Å². The molecule has 0 heterocycles. The molecule has 0 fully saturated rings. The monoisotopic (exact) mass is 854 g/mol. The van der Waals surface area contributed by atoms with E-state index in [-0.39, 0.29) is 10.8 Å². The van der Waals surface area contributed by atoms with Crippen molar-refractivity contribution in [3.8, 4) is 33.4 Å². The van der Waals surface area contributed by atoms with E-state index in [0.29, 0.717) is 0 Å². The SMILES string of the molecule is CCC1(CC)c2ccccc2-c2ccc(N(c3ccc(C)cc3)c3ccc(-c4cccc5c(N(c6ccc(C)cc6)c6ccc7c(c6)C(CC)(CC)c6ccccc6-7)cccc45)cc3)cc21. The van der Waals surface area contributed by atoms with Crippen LogP contribution in [0.4, 0.5) is 34.1 Å². The fraction of sp³-hybridized carbons (Fsp3) is 0.188. The van der Waals surface area contributed by atoms with Crippen molar-refractivity contribution in [2.24, 2.45) is 0 Å². The Balaban J connectivity index is 1.01. The number of hydrogen-bond acceptors (Lipinski definition) is 2. The predicted octanol–water partition coefficient (Wildman–Crippen LogP) is 18.2. The van der Waals surface area contributed by atoms with Gasteiger partial charge in [0, 0.05) is 44.7 Å². The van der Waals surface area contributed by atoms with Crippen molar-refractivity contribution in [3.05, 3.63) is 228 Å². The Morgan fingerprint density at radius 2 is 0.712 bits per heavy atom. The smallest absolute Gasteiger partial charge is 0.0540 e. The molecule has 2 aliphatic carbocycles. The van der Waals surface area contributed by atoms with Gasteiger partial charge in [0.15, 0.2) is 0 Å². The third kappa shape index (κ3) is 6.37. The Bertz CT molecular complexity index is 3260. The summed E-state index contributed by atoms with van der Waals surface area (Å²) in [5, 5.41) is 2.45. The maximum atomic E-state index is 2.49. The number of hydrogen-bond donors (Lipinski definition) is 0. The van der Waals surface area contributed by atoms with Crippen LogP contribution in [-0.2, 0) is 10.8 Å². The Kier molecular flexibility index (Phi) is 10.3. The second-order valence-electron chi connectivity index (χ2n) is 18.7. The largest absolute Gasteiger partial charge is 0.310 e. The lowest BCUT2D eigenvalue weighted by atomic mass is 9.74. The highest BCUT2D eigenvalue weighted by molar-refractivity contribution is 6.06. The number of aryl methyl sites for hydroxylation is 2. The van der Waals surface area contributed by atoms with Crippen molar-refractivity contribution < 1.29 is 0 Å². The zero-order valence-corrected chi connectivity index (χ0v) is 39.2. The molecular formula is C64H58N2. The summed E-state index contributed by atoms with van der Waals surface area (Å²) < 4.78 is 0. The topological polar surface area (TPSA) is 6.48 Å². The van der Waals surface area contributed by atoms with Crippen LogP contribution in [0.15, 0.2) is 194 Å². The van der Waals surface area contributed by atoms with Gasteiger partial charge < -0.3 is 9.80 Å². The zero-order valence-electron chi connectivity index (χ0n) is 39.2. The highest BCUT2D eigenvalue weighted by Gasteiger charge is 2.42. The summed E-state index contributed by atoms with van der Waals surface area (Å²) in [5.41, 5.74) is 23.1. The van der Waals surface area contributed by atoms with E-state index in [1.165, 1.54) is 94.6 Å². The molecule has 66 heavy (non-hydrogen) atoms. The first kappa shape index (κ1) is 41.5. The van der Waals surface area contributed by atoms with Gasteiger partial charge in [-0.15, -0.1) is 0 Å². The Hall–Kier alpha value is -7.16. The lowest BCUT2D eigenvalue weighted by Crippen LogP contribution is -2.23. The van der Waals surface area contributed by atoms with Gasteiger partial charge in [0.1, 0.15) is 0 Å². The maximum absolute atomic E-state index is 2.49. The average molecular weight is 855 g/mol. The van der Waals surface area contributed by atoms with Gasteiger partial charge >= 0.3 is 0 Å². The first-order valence-electron chi connectivity index (χ1n) is 24.2. The molecule has 9 aromatic carbocycles. The quantitative estimate of drug-likeness (QED) is 0.128. The molecule has 0 saturated heterocycles. The number of benzene rings is 9. The van der Waals surface area contributed by atoms with E-state index < -0.39 is 0 Å². The minimum atomic E-state index is -0.0179. The molecular weight excluding hydrogens is 797 g/mol. The van der Waals surface area contributed by atoms with Gasteiger partial charge in [-0.1, -0.05) is 166 Å². The molecule has 0 saturated carbocycles. The van der Waals surface area contributed by atoms with E-state index in [1.807, 2.05) is 0 Å². The van der Waals surface area contributed by atoms with Crippen molar-refractivity contribution >= 4 is 44.9 Å². The van der Waals surface area contributed by atoms with E-state index in [4.69, 9.17) is 0 Å². The van der Waals surface area contributed by atoms with Crippen molar-refractivity contribution in [1.82, 2.24) is 0 Å². The molecule has 0 spiro atoms. The fourth-order valence-corrected chi connectivity index (χ4v) is 12.0. The molecule has 0 radical (unpaired) electrons. The first-order chi connectivity index (χ1) is 32.3. The highest BCUT2D eigenvalue weighted by atomic mass is 15.1. The molecule has 0 N–H and O–H groups in total. The maximum Gasteiger partial charge on any atom is 0.0540 e. The lowest BCUT2D eigenvalue weighted by Gasteiger charge is -2.32. The fourth-order valence-electron chi connectivity index (χ4n) is 12.0. The molecule has 11 rings (SSSR count). The molecule has 0 atom stereocenters. The number of anilines is 6. The van der Waals surface area contributed by atoms with Gasteiger partial charge in [-0.3, -0.25) is 0 Å². The zero-order chi connectivity index (χ0) is 45.2. The number of rotatable bonds is 11. The molecule has 324 valence electrons. The second kappa shape index (κ2) is 16.4. The molecule has 0 amide bonds. The molecule has 2 heteroatoms. The minimum Gasteiger partial charge on any atom is -0.310 e. The van der Waals surface area contributed by atoms with Crippen LogP contribution in [0.2, 0.25) is 0 Å². The first-order valence-corrected chi connectivity index (χ1v) is 24.2. The van der Waals surface area contributed by atoms with E-state index in [9.17, 15) is 0 Å². The molecule has 2 nitrogen and oxygen atoms in total. The van der Waals surface area contributed by atoms with Crippen molar-refractivity contribution in [2.75, 3.05) is 9.80 Å². The van der Waals surface area contributed by atoms with E-state index in [1.54, 1.807) is 0 Å². The third-order valence-electron chi connectivity index (χ3n) is 15.6. The van der Waals surface area contributed by atoms with Gasteiger partial charge in [-0.05, 0) is 167 Å². The predicted molar refractivity (Wildman–Crippen MR) is 282 cm³/mol. The van der Waals surface area contributed by atoms with Gasteiger partial charge in [-0.2, -0.15) is 0 Å². The van der Waals surface area contributed by atoms with Gasteiger partial charge in [0.2, 0.25) is 0 Å². The van der Waals surface area contributed by atoms with Crippen LogP contribution in [0.1, 0.15) is 86.8 Å². The summed E-state index contributed by atoms with van der Waals surface area (Å²) >= 11 is 0. The van der Waals surface area contributed by atoms with E-state index in [0.717, 1.165) is 42.7 Å². The molecule has 2 aliphatic rings. The van der Waals surface area contributed by atoms with Crippen LogP contribution >= 0.6 is 0 Å². The summed E-state index contributed by atoms with van der Waals surface area (Å²) in [6.45, 7) is 13.7. The van der Waals surface area contributed by atoms with Crippen LogP contribution in [0.5, 0.6) is 0 Å². The van der Waals surface area contributed by atoms with Crippen LogP contribution in [0, 0.1) is 13.8 Å². The average Bonchev–Trinajstić information content (AvgIpc) is 3.81. The van der Waals surface area contributed by atoms with E-state index in [2.05, 4.69) is 245 Å². The Morgan fingerprint density at radius 1 is 0.318 bits per heavy atom. The summed E-state index contributed by atoms with van der Waals surface area (Å²) in [4.78, 5) is 4.92. The molecule has 0 unspecified atom stereocenters. The summed E-state index contributed by atoms with van der Waals surface area (Å²) in [6, 6.07) is 73.4. The molecule has 0 aliphatic heterocycles. The van der Waals surface area contributed by atoms with Gasteiger partial charge in [0.25, 0.3) is 0 Å². The van der Waals surface area contributed by atoms with Crippen LogP contribution in [-0.4, -0.2) is 0 Å². The number of nitrogens with zero attached hydrogens (tertiary/aromatic N) is 2. The molecule has 9 aromatic rings. The normalized spacial score (nSPS) is 13.8. The minimum absolute atomic E-state index is 0.00497.